The summed E-state index contributed by atoms with van der Waals surface area (Å²) < 4.78 is 11.1. The van der Waals surface area contributed by atoms with Crippen molar-refractivity contribution in [3.8, 4) is 0 Å². The van der Waals surface area contributed by atoms with Crippen molar-refractivity contribution >= 4 is 20.3 Å². The number of cyclic esters (lactones) is 1. The van der Waals surface area contributed by atoms with E-state index < -0.39 is 14.4 Å². The van der Waals surface area contributed by atoms with E-state index in [0.29, 0.717) is 6.42 Å². The second kappa shape index (κ2) is 8.44. The topological polar surface area (TPSA) is 55.8 Å². The molecule has 0 saturated carbocycles. The molecule has 1 fully saturated rings. The van der Waals surface area contributed by atoms with E-state index in [1.54, 1.807) is 0 Å². The third-order valence-electron chi connectivity index (χ3n) is 4.98. The average molecular weight is 350 g/mol. The molecule has 0 spiro atoms. The summed E-state index contributed by atoms with van der Waals surface area (Å²) in [5.41, 5.74) is 1.08. The molecule has 24 heavy (non-hydrogen) atoms. The summed E-state index contributed by atoms with van der Waals surface area (Å²) in [4.78, 5) is 25.8. The number of carbonyl (C=O) groups is 2. The van der Waals surface area contributed by atoms with Crippen LogP contribution in [-0.2, 0) is 20.4 Å². The Bertz CT molecular complexity index is 551. The summed E-state index contributed by atoms with van der Waals surface area (Å²) in [5, 5.41) is 0. The van der Waals surface area contributed by atoms with Crippen LogP contribution in [0.25, 0.3) is 0 Å². The van der Waals surface area contributed by atoms with Crippen molar-refractivity contribution in [1.29, 1.82) is 0 Å². The highest BCUT2D eigenvalue weighted by atomic mass is 28.4. The Kier molecular flexibility index (Phi) is 6.57. The highest BCUT2D eigenvalue weighted by molar-refractivity contribution is 6.73. The molecule has 1 aliphatic rings. The standard InChI is InChI=1S/C18H27NO4Si/c1-4-24(5-2,6-3)23-14-17(20)19-16(13-22-18(19)21)12-15-10-8-7-9-11-15/h7-11,16H,4-6,12-14H2,1-3H3/t16-/m0/s1. The summed E-state index contributed by atoms with van der Waals surface area (Å²) in [7, 11) is -1.85. The Morgan fingerprint density at radius 1 is 1.21 bits per heavy atom. The molecule has 1 atom stereocenters. The second-order valence-electron chi connectivity index (χ2n) is 6.22. The van der Waals surface area contributed by atoms with Gasteiger partial charge in [0.05, 0.1) is 6.04 Å². The minimum atomic E-state index is -1.85. The number of hydrogen-bond acceptors (Lipinski definition) is 4. The Morgan fingerprint density at radius 2 is 1.83 bits per heavy atom. The Labute approximate surface area is 145 Å². The van der Waals surface area contributed by atoms with Crippen LogP contribution in [0.5, 0.6) is 0 Å². The van der Waals surface area contributed by atoms with E-state index >= 15 is 0 Å². The zero-order chi connectivity index (χ0) is 17.6. The van der Waals surface area contributed by atoms with Gasteiger partial charge >= 0.3 is 6.09 Å². The molecule has 1 aliphatic heterocycles. The fourth-order valence-corrected chi connectivity index (χ4v) is 5.69. The smallest absolute Gasteiger partial charge is 0.417 e. The van der Waals surface area contributed by atoms with Crippen LogP contribution in [0.2, 0.25) is 18.1 Å². The Morgan fingerprint density at radius 3 is 2.42 bits per heavy atom. The second-order valence-corrected chi connectivity index (χ2v) is 11.0. The number of hydrogen-bond donors (Lipinski definition) is 0. The van der Waals surface area contributed by atoms with Gasteiger partial charge in [-0.3, -0.25) is 4.79 Å². The van der Waals surface area contributed by atoms with E-state index in [2.05, 4.69) is 20.8 Å². The molecular weight excluding hydrogens is 322 g/mol. The van der Waals surface area contributed by atoms with Gasteiger partial charge in [0.1, 0.15) is 13.2 Å². The number of nitrogens with zero attached hydrogens (tertiary/aromatic N) is 1. The van der Waals surface area contributed by atoms with Crippen LogP contribution >= 0.6 is 0 Å². The van der Waals surface area contributed by atoms with E-state index in [1.165, 1.54) is 4.90 Å². The number of rotatable bonds is 8. The van der Waals surface area contributed by atoms with E-state index in [-0.39, 0.29) is 25.2 Å². The molecule has 1 saturated heterocycles. The number of amides is 2. The monoisotopic (exact) mass is 349 g/mol. The van der Waals surface area contributed by atoms with Crippen LogP contribution in [-0.4, -0.2) is 44.5 Å². The molecule has 0 aliphatic carbocycles. The average Bonchev–Trinajstić information content (AvgIpc) is 2.98. The van der Waals surface area contributed by atoms with Crippen LogP contribution in [0.4, 0.5) is 4.79 Å². The molecule has 1 aromatic rings. The molecule has 0 N–H and O–H groups in total. The lowest BCUT2D eigenvalue weighted by Crippen LogP contribution is -2.45. The first-order chi connectivity index (χ1) is 11.5. The van der Waals surface area contributed by atoms with Gasteiger partial charge < -0.3 is 9.16 Å². The summed E-state index contributed by atoms with van der Waals surface area (Å²) >= 11 is 0. The van der Waals surface area contributed by atoms with Crippen molar-refractivity contribution in [1.82, 2.24) is 4.90 Å². The lowest BCUT2D eigenvalue weighted by Gasteiger charge is -2.29. The molecule has 1 aromatic carbocycles. The minimum absolute atomic E-state index is 0.0257. The zero-order valence-corrected chi connectivity index (χ0v) is 15.8. The molecule has 2 amide bonds. The van der Waals surface area contributed by atoms with Crippen LogP contribution in [0, 0.1) is 0 Å². The largest absolute Gasteiger partial charge is 0.447 e. The maximum Gasteiger partial charge on any atom is 0.417 e. The van der Waals surface area contributed by atoms with E-state index in [9.17, 15) is 9.59 Å². The Hall–Kier alpha value is -1.66. The normalized spacial score (nSPS) is 17.9. The molecule has 6 heteroatoms. The maximum atomic E-state index is 12.6. The van der Waals surface area contributed by atoms with Gasteiger partial charge in [-0.1, -0.05) is 51.1 Å². The summed E-state index contributed by atoms with van der Waals surface area (Å²) in [6.45, 7) is 6.57. The van der Waals surface area contributed by atoms with Crippen LogP contribution in [0.1, 0.15) is 26.3 Å². The molecule has 0 radical (unpaired) electrons. The van der Waals surface area contributed by atoms with E-state index in [1.807, 2.05) is 30.3 Å². The number of ether oxygens (including phenoxy) is 1. The highest BCUT2D eigenvalue weighted by Gasteiger charge is 2.39. The summed E-state index contributed by atoms with van der Waals surface area (Å²) in [6.07, 6.45) is 0.0530. The van der Waals surface area contributed by atoms with Crippen molar-refractivity contribution in [2.45, 2.75) is 51.4 Å². The molecule has 0 unspecified atom stereocenters. The molecule has 5 nitrogen and oxygen atoms in total. The molecule has 1 heterocycles. The first-order valence-corrected chi connectivity index (χ1v) is 11.2. The van der Waals surface area contributed by atoms with Gasteiger partial charge in [0.25, 0.3) is 5.91 Å². The number of benzene rings is 1. The molecule has 0 bridgehead atoms. The molecule has 2 rings (SSSR count). The number of carbonyl (C=O) groups excluding carboxylic acids is 2. The van der Waals surface area contributed by atoms with Crippen molar-refractivity contribution in [3.05, 3.63) is 35.9 Å². The highest BCUT2D eigenvalue weighted by Crippen LogP contribution is 2.23. The first kappa shape index (κ1) is 18.7. The van der Waals surface area contributed by atoms with Crippen LogP contribution in [0.15, 0.2) is 30.3 Å². The van der Waals surface area contributed by atoms with Gasteiger partial charge in [0.15, 0.2) is 8.32 Å². The molecule has 0 aromatic heterocycles. The van der Waals surface area contributed by atoms with E-state index in [0.717, 1.165) is 23.7 Å². The third-order valence-corrected chi connectivity index (χ3v) is 9.60. The fourth-order valence-electron chi connectivity index (χ4n) is 3.14. The van der Waals surface area contributed by atoms with E-state index in [4.69, 9.17) is 9.16 Å². The van der Waals surface area contributed by atoms with Gasteiger partial charge in [-0.05, 0) is 30.1 Å². The van der Waals surface area contributed by atoms with Gasteiger partial charge in [-0.15, -0.1) is 0 Å². The van der Waals surface area contributed by atoms with Gasteiger partial charge in [-0.25, -0.2) is 9.69 Å². The summed E-state index contributed by atoms with van der Waals surface area (Å²) in [5.74, 6) is -0.286. The van der Waals surface area contributed by atoms with Crippen molar-refractivity contribution in [3.63, 3.8) is 0 Å². The lowest BCUT2D eigenvalue weighted by atomic mass is 10.1. The molecular formula is C18H27NO4Si. The SMILES string of the molecule is CC[Si](CC)(CC)OCC(=O)N1C(=O)OC[C@@H]1Cc1ccccc1. The third kappa shape index (κ3) is 4.24. The number of imide groups is 1. The quantitative estimate of drug-likeness (QED) is 0.673. The summed E-state index contributed by atoms with van der Waals surface area (Å²) in [6, 6.07) is 12.5. The lowest BCUT2D eigenvalue weighted by molar-refractivity contribution is -0.131. The predicted octanol–water partition coefficient (Wildman–Crippen LogP) is 3.60. The van der Waals surface area contributed by atoms with Crippen LogP contribution < -0.4 is 0 Å². The fraction of sp³-hybridized carbons (Fsp3) is 0.556. The predicted molar refractivity (Wildman–Crippen MR) is 95.3 cm³/mol. The zero-order valence-electron chi connectivity index (χ0n) is 14.8. The van der Waals surface area contributed by atoms with Gasteiger partial charge in [-0.2, -0.15) is 0 Å². The Balaban J connectivity index is 2.01. The van der Waals surface area contributed by atoms with Crippen molar-refractivity contribution in [2.24, 2.45) is 0 Å². The van der Waals surface area contributed by atoms with Crippen LogP contribution in [0.3, 0.4) is 0 Å². The van der Waals surface area contributed by atoms with Gasteiger partial charge in [0, 0.05) is 0 Å². The minimum Gasteiger partial charge on any atom is -0.447 e. The van der Waals surface area contributed by atoms with Crippen molar-refractivity contribution in [2.75, 3.05) is 13.2 Å². The van der Waals surface area contributed by atoms with Crippen molar-refractivity contribution < 1.29 is 18.8 Å². The van der Waals surface area contributed by atoms with Gasteiger partial charge in [0.2, 0.25) is 0 Å². The maximum absolute atomic E-state index is 12.6. The molecule has 132 valence electrons. The first-order valence-electron chi connectivity index (χ1n) is 8.72.